The first kappa shape index (κ1) is 29.5. The van der Waals surface area contributed by atoms with Gasteiger partial charge in [0.1, 0.15) is 36.1 Å². The predicted molar refractivity (Wildman–Crippen MR) is 122 cm³/mol. The molecule has 0 aromatic carbocycles. The molecule has 2 aliphatic heterocycles. The number of hydrogen-bond acceptors (Lipinski definition) is 12. The van der Waals surface area contributed by atoms with Gasteiger partial charge in [0.05, 0.1) is 32.5 Å². The number of ketones is 1. The third kappa shape index (κ3) is 6.16. The quantitative estimate of drug-likeness (QED) is 0.167. The fourth-order valence-electron chi connectivity index (χ4n) is 5.24. The average Bonchev–Trinajstić information content (AvgIpc) is 3.10. The Morgan fingerprint density at radius 1 is 1.14 bits per heavy atom. The van der Waals surface area contributed by atoms with Crippen molar-refractivity contribution in [2.75, 3.05) is 26.4 Å². The Morgan fingerprint density at radius 3 is 2.42 bits per heavy atom. The summed E-state index contributed by atoms with van der Waals surface area (Å²) in [7, 11) is 0. The Morgan fingerprint density at radius 2 is 1.83 bits per heavy atom. The van der Waals surface area contributed by atoms with Gasteiger partial charge in [0.2, 0.25) is 0 Å². The van der Waals surface area contributed by atoms with Crippen LogP contribution in [0.2, 0.25) is 0 Å². The highest BCUT2D eigenvalue weighted by Gasteiger charge is 2.53. The second kappa shape index (κ2) is 11.8. The number of rotatable bonds is 10. The Balaban J connectivity index is 1.69. The van der Waals surface area contributed by atoms with Crippen LogP contribution in [0.4, 0.5) is 0 Å². The number of aliphatic hydroxyl groups excluding tert-OH is 6. The Hall–Kier alpha value is -1.03. The monoisotopic (exact) mass is 520 g/mol. The molecule has 208 valence electrons. The Kier molecular flexibility index (Phi) is 9.67. The molecule has 3 aliphatic rings. The SMILES string of the molecule is C[C@H](CC[C@@H]1C(CO)=CC(=O)CC1(C)C)O[C@@H]1O[C@H](CO)[C@@H](O)[C@H](O)[C@H]1O[C@@H]1OC[C@](O)(CO)[C@H]1O. The van der Waals surface area contributed by atoms with E-state index in [1.165, 1.54) is 6.08 Å². The van der Waals surface area contributed by atoms with E-state index in [1.807, 2.05) is 13.8 Å². The van der Waals surface area contributed by atoms with Gasteiger partial charge < -0.3 is 54.7 Å². The summed E-state index contributed by atoms with van der Waals surface area (Å²) in [4.78, 5) is 12.0. The van der Waals surface area contributed by atoms with Gasteiger partial charge in [0.25, 0.3) is 0 Å². The van der Waals surface area contributed by atoms with Gasteiger partial charge in [-0.05, 0) is 42.7 Å². The van der Waals surface area contributed by atoms with Crippen molar-refractivity contribution in [1.82, 2.24) is 0 Å². The lowest BCUT2D eigenvalue weighted by molar-refractivity contribution is -0.342. The molecule has 12 heteroatoms. The number of allylic oxidation sites excluding steroid dienone is 1. The van der Waals surface area contributed by atoms with E-state index in [9.17, 15) is 40.5 Å². The molecule has 0 unspecified atom stereocenters. The molecule has 2 heterocycles. The third-order valence-electron chi connectivity index (χ3n) is 7.47. The van der Waals surface area contributed by atoms with Crippen molar-refractivity contribution in [1.29, 1.82) is 0 Å². The Labute approximate surface area is 210 Å². The minimum Gasteiger partial charge on any atom is -0.394 e. The van der Waals surface area contributed by atoms with Gasteiger partial charge in [0.15, 0.2) is 18.4 Å². The highest BCUT2D eigenvalue weighted by molar-refractivity contribution is 5.92. The molecule has 0 spiro atoms. The molecule has 3 rings (SSSR count). The van der Waals surface area contributed by atoms with Crippen molar-refractivity contribution in [3.63, 3.8) is 0 Å². The van der Waals surface area contributed by atoms with E-state index in [4.69, 9.17) is 18.9 Å². The third-order valence-corrected chi connectivity index (χ3v) is 7.47. The van der Waals surface area contributed by atoms with Crippen molar-refractivity contribution < 1.29 is 59.5 Å². The lowest BCUT2D eigenvalue weighted by atomic mass is 9.66. The van der Waals surface area contributed by atoms with E-state index in [2.05, 4.69) is 0 Å². The molecule has 1 aliphatic carbocycles. The first-order chi connectivity index (χ1) is 16.9. The standard InChI is InChI=1S/C24H40O12/c1-12(4-5-15-13(8-25)6-14(28)7-23(15,2)3)34-21-19(18(30)17(29)16(9-26)35-21)36-22-20(31)24(32,10-27)11-33-22/h6,12,15-22,25-27,29-32H,4-5,7-11H2,1-3H3/t12-,15-,16-,17-,18+,19-,20+,21-,22+,24-/m1/s1. The van der Waals surface area contributed by atoms with E-state index in [0.29, 0.717) is 24.8 Å². The van der Waals surface area contributed by atoms with Gasteiger partial charge >= 0.3 is 0 Å². The molecule has 2 fully saturated rings. The second-order valence-electron chi connectivity index (χ2n) is 10.8. The van der Waals surface area contributed by atoms with Crippen molar-refractivity contribution in [3.05, 3.63) is 11.6 Å². The first-order valence-corrected chi connectivity index (χ1v) is 12.3. The maximum Gasteiger partial charge on any atom is 0.187 e. The summed E-state index contributed by atoms with van der Waals surface area (Å²) in [6.45, 7) is 3.70. The molecule has 0 aromatic heterocycles. The van der Waals surface area contributed by atoms with E-state index < -0.39 is 74.6 Å². The van der Waals surface area contributed by atoms with Crippen LogP contribution >= 0.6 is 0 Å². The summed E-state index contributed by atoms with van der Waals surface area (Å²) in [5.74, 6) is -0.0754. The Bertz CT molecular complexity index is 787. The summed E-state index contributed by atoms with van der Waals surface area (Å²) in [6, 6.07) is 0. The molecule has 0 amide bonds. The number of aliphatic hydroxyl groups is 7. The topological polar surface area (TPSA) is 196 Å². The largest absolute Gasteiger partial charge is 0.394 e. The molecule has 0 radical (unpaired) electrons. The average molecular weight is 521 g/mol. The summed E-state index contributed by atoms with van der Waals surface area (Å²) >= 11 is 0. The number of ether oxygens (including phenoxy) is 4. The summed E-state index contributed by atoms with van der Waals surface area (Å²) in [5, 5.41) is 70.3. The molecule has 0 aromatic rings. The van der Waals surface area contributed by atoms with Crippen molar-refractivity contribution in [3.8, 4) is 0 Å². The van der Waals surface area contributed by atoms with Crippen LogP contribution in [-0.4, -0.2) is 123 Å². The number of carbonyl (C=O) groups excluding carboxylic acids is 1. The van der Waals surface area contributed by atoms with E-state index in [0.717, 1.165) is 0 Å². The lowest BCUT2D eigenvalue weighted by Gasteiger charge is -2.43. The van der Waals surface area contributed by atoms with Gasteiger partial charge in [0, 0.05) is 6.42 Å². The maximum absolute atomic E-state index is 12.0. The second-order valence-corrected chi connectivity index (χ2v) is 10.8. The highest BCUT2D eigenvalue weighted by Crippen LogP contribution is 2.42. The molecular weight excluding hydrogens is 480 g/mol. The van der Waals surface area contributed by atoms with E-state index in [-0.39, 0.29) is 23.7 Å². The minimum atomic E-state index is -1.95. The maximum atomic E-state index is 12.0. The van der Waals surface area contributed by atoms with Gasteiger partial charge in [-0.2, -0.15) is 0 Å². The van der Waals surface area contributed by atoms with Crippen molar-refractivity contribution >= 4 is 5.78 Å². The molecular formula is C24H40O12. The van der Waals surface area contributed by atoms with Crippen molar-refractivity contribution in [2.45, 2.75) is 94.8 Å². The molecule has 36 heavy (non-hydrogen) atoms. The highest BCUT2D eigenvalue weighted by atomic mass is 16.8. The van der Waals surface area contributed by atoms with Crippen molar-refractivity contribution in [2.24, 2.45) is 11.3 Å². The fourth-order valence-corrected chi connectivity index (χ4v) is 5.24. The zero-order valence-electron chi connectivity index (χ0n) is 20.9. The van der Waals surface area contributed by atoms with Crippen LogP contribution in [0, 0.1) is 11.3 Å². The van der Waals surface area contributed by atoms with E-state index >= 15 is 0 Å². The van der Waals surface area contributed by atoms with Crippen LogP contribution in [0.15, 0.2) is 11.6 Å². The molecule has 2 saturated heterocycles. The summed E-state index contributed by atoms with van der Waals surface area (Å²) < 4.78 is 22.6. The van der Waals surface area contributed by atoms with Gasteiger partial charge in [-0.1, -0.05) is 13.8 Å². The van der Waals surface area contributed by atoms with Crippen LogP contribution in [0.3, 0.4) is 0 Å². The smallest absolute Gasteiger partial charge is 0.187 e. The lowest BCUT2D eigenvalue weighted by Crippen LogP contribution is -2.62. The van der Waals surface area contributed by atoms with Crippen LogP contribution in [0.1, 0.15) is 40.0 Å². The van der Waals surface area contributed by atoms with Crippen LogP contribution in [0.25, 0.3) is 0 Å². The summed E-state index contributed by atoms with van der Waals surface area (Å²) in [6.07, 6.45) is -7.51. The number of carbonyl (C=O) groups is 1. The molecule has 10 atom stereocenters. The van der Waals surface area contributed by atoms with E-state index in [1.54, 1.807) is 6.92 Å². The van der Waals surface area contributed by atoms with Gasteiger partial charge in [-0.15, -0.1) is 0 Å². The zero-order chi connectivity index (χ0) is 26.8. The predicted octanol–water partition coefficient (Wildman–Crippen LogP) is -2.03. The number of hydrogen-bond donors (Lipinski definition) is 7. The zero-order valence-corrected chi connectivity index (χ0v) is 20.9. The van der Waals surface area contributed by atoms with Gasteiger partial charge in [-0.3, -0.25) is 4.79 Å². The molecule has 12 nitrogen and oxygen atoms in total. The van der Waals surface area contributed by atoms with Crippen LogP contribution in [0.5, 0.6) is 0 Å². The van der Waals surface area contributed by atoms with Crippen LogP contribution in [-0.2, 0) is 23.7 Å². The normalized spacial score (nSPS) is 41.8. The molecule has 7 N–H and O–H groups in total. The fraction of sp³-hybridized carbons (Fsp3) is 0.875. The first-order valence-electron chi connectivity index (χ1n) is 12.3. The summed E-state index contributed by atoms with van der Waals surface area (Å²) in [5.41, 5.74) is -1.63. The molecule has 0 saturated carbocycles. The van der Waals surface area contributed by atoms with Crippen LogP contribution < -0.4 is 0 Å². The minimum absolute atomic E-state index is 0.0211. The van der Waals surface area contributed by atoms with Gasteiger partial charge in [-0.25, -0.2) is 0 Å². The molecule has 0 bridgehead atoms.